The summed E-state index contributed by atoms with van der Waals surface area (Å²) in [6.07, 6.45) is -3.25. The summed E-state index contributed by atoms with van der Waals surface area (Å²) >= 11 is 0. The molecule has 0 bridgehead atoms. The van der Waals surface area contributed by atoms with Gasteiger partial charge in [0, 0.05) is 36.8 Å². The van der Waals surface area contributed by atoms with Gasteiger partial charge in [0.2, 0.25) is 0 Å². The van der Waals surface area contributed by atoms with E-state index in [0.29, 0.717) is 28.7 Å². The van der Waals surface area contributed by atoms with Crippen LogP contribution in [0.4, 0.5) is 17.6 Å². The Hall–Kier alpha value is -2.77. The van der Waals surface area contributed by atoms with Gasteiger partial charge in [-0.2, -0.15) is 13.2 Å². The van der Waals surface area contributed by atoms with Gasteiger partial charge in [-0.05, 0) is 37.1 Å². The summed E-state index contributed by atoms with van der Waals surface area (Å²) in [5.74, 6) is -0.182. The van der Waals surface area contributed by atoms with Gasteiger partial charge in [0.15, 0.2) is 11.5 Å². The van der Waals surface area contributed by atoms with Crippen molar-refractivity contribution in [3.63, 3.8) is 0 Å². The second kappa shape index (κ2) is 11.5. The summed E-state index contributed by atoms with van der Waals surface area (Å²) in [6, 6.07) is 6.41. The SMILES string of the molecule is C[C@H](CO)Oc1cc(F)cc2ccc(-c3nnc4ccc([C@@H](N5CC[C@@H](N)C5)C(F)(F)F)cn34)nc12.Cl.Cl. The van der Waals surface area contributed by atoms with E-state index >= 15 is 0 Å². The summed E-state index contributed by atoms with van der Waals surface area (Å²) in [4.78, 5) is 5.90. The number of fused-ring (bicyclic) bond motifs is 2. The standard InChI is InChI=1S/C24H24F4N6O2.2ClH/c1-13(12-35)36-19-9-16(25)8-14-2-4-18(30-21(14)19)23-32-31-20-5-3-15(10-34(20)23)22(24(26,27)28)33-7-6-17(29)11-33;;/h2-5,8-10,13,17,22,35H,6-7,11-12,29H2,1H3;2*1H/t13-,17-,22-;;/m1../s1. The molecule has 0 saturated carbocycles. The molecule has 3 aromatic heterocycles. The van der Waals surface area contributed by atoms with E-state index in [1.54, 1.807) is 19.1 Å². The van der Waals surface area contributed by atoms with Crippen molar-refractivity contribution in [1.82, 2.24) is 24.5 Å². The number of pyridine rings is 2. The lowest BCUT2D eigenvalue weighted by atomic mass is 10.1. The Morgan fingerprint density at radius 2 is 1.92 bits per heavy atom. The van der Waals surface area contributed by atoms with E-state index in [1.165, 1.54) is 39.8 Å². The number of benzene rings is 1. The number of nitrogens with zero attached hydrogens (tertiary/aromatic N) is 5. The summed E-state index contributed by atoms with van der Waals surface area (Å²) in [5, 5.41) is 18.0. The van der Waals surface area contributed by atoms with Gasteiger partial charge in [0.1, 0.15) is 34.9 Å². The Bertz CT molecular complexity index is 1420. The maximum Gasteiger partial charge on any atom is 0.408 e. The molecular formula is C24H26Cl2F4N6O2. The minimum Gasteiger partial charge on any atom is -0.486 e. The highest BCUT2D eigenvalue weighted by Gasteiger charge is 2.46. The molecule has 0 amide bonds. The normalized spacial score (nSPS) is 17.7. The highest BCUT2D eigenvalue weighted by atomic mass is 35.5. The Morgan fingerprint density at radius 1 is 1.16 bits per heavy atom. The summed E-state index contributed by atoms with van der Waals surface area (Å²) in [7, 11) is 0. The molecule has 1 aromatic carbocycles. The van der Waals surface area contributed by atoms with Crippen LogP contribution in [0, 0.1) is 5.82 Å². The number of hydrogen-bond acceptors (Lipinski definition) is 7. The smallest absolute Gasteiger partial charge is 0.408 e. The number of rotatable bonds is 6. The maximum atomic E-state index is 14.1. The van der Waals surface area contributed by atoms with E-state index in [2.05, 4.69) is 15.2 Å². The predicted octanol–water partition coefficient (Wildman–Crippen LogP) is 4.32. The molecule has 0 radical (unpaired) electrons. The molecule has 0 spiro atoms. The maximum absolute atomic E-state index is 14.1. The number of alkyl halides is 3. The molecule has 38 heavy (non-hydrogen) atoms. The number of hydrogen-bond donors (Lipinski definition) is 2. The van der Waals surface area contributed by atoms with E-state index in [4.69, 9.17) is 10.5 Å². The van der Waals surface area contributed by atoms with Crippen LogP contribution in [0.25, 0.3) is 28.1 Å². The summed E-state index contributed by atoms with van der Waals surface area (Å²) in [5.41, 5.74) is 6.89. The number of nitrogens with two attached hydrogens (primary N) is 1. The lowest BCUT2D eigenvalue weighted by Gasteiger charge is -2.30. The summed E-state index contributed by atoms with van der Waals surface area (Å²) < 4.78 is 63.6. The van der Waals surface area contributed by atoms with Crippen LogP contribution in [-0.4, -0.2) is 67.6 Å². The van der Waals surface area contributed by atoms with Gasteiger partial charge in [-0.25, -0.2) is 9.37 Å². The van der Waals surface area contributed by atoms with Crippen molar-refractivity contribution in [1.29, 1.82) is 0 Å². The van der Waals surface area contributed by atoms with Gasteiger partial charge in [-0.1, -0.05) is 12.1 Å². The van der Waals surface area contributed by atoms with Crippen LogP contribution in [-0.2, 0) is 0 Å². The average Bonchev–Trinajstić information content (AvgIpc) is 3.44. The molecule has 3 atom stereocenters. The number of likely N-dealkylation sites (tertiary alicyclic amines) is 1. The van der Waals surface area contributed by atoms with Gasteiger partial charge in [0.05, 0.1) is 6.61 Å². The van der Waals surface area contributed by atoms with Gasteiger partial charge in [-0.15, -0.1) is 35.0 Å². The molecule has 4 heterocycles. The first-order valence-electron chi connectivity index (χ1n) is 11.4. The van der Waals surface area contributed by atoms with E-state index in [9.17, 15) is 22.7 Å². The number of aromatic nitrogens is 4. The highest BCUT2D eigenvalue weighted by Crippen LogP contribution is 2.39. The van der Waals surface area contributed by atoms with Gasteiger partial charge in [0.25, 0.3) is 0 Å². The summed E-state index contributed by atoms with van der Waals surface area (Å²) in [6.45, 7) is 1.74. The third kappa shape index (κ3) is 5.79. The fourth-order valence-electron chi connectivity index (χ4n) is 4.54. The molecule has 1 fully saturated rings. The Kier molecular flexibility index (Phi) is 9.04. The number of aliphatic hydroxyl groups is 1. The first kappa shape index (κ1) is 29.8. The third-order valence-corrected chi connectivity index (χ3v) is 6.21. The third-order valence-electron chi connectivity index (χ3n) is 6.21. The van der Waals surface area contributed by atoms with Crippen LogP contribution in [0.2, 0.25) is 0 Å². The van der Waals surface area contributed by atoms with Crippen molar-refractivity contribution in [3.05, 3.63) is 54.0 Å². The quantitative estimate of drug-likeness (QED) is 0.329. The second-order valence-electron chi connectivity index (χ2n) is 8.99. The number of aliphatic hydroxyl groups excluding tert-OH is 1. The lowest BCUT2D eigenvalue weighted by Crippen LogP contribution is -2.38. The monoisotopic (exact) mass is 576 g/mol. The van der Waals surface area contributed by atoms with Crippen LogP contribution < -0.4 is 10.5 Å². The van der Waals surface area contributed by atoms with E-state index in [0.717, 1.165) is 0 Å². The molecule has 0 unspecified atom stereocenters. The second-order valence-corrected chi connectivity index (χ2v) is 8.99. The molecule has 1 aliphatic rings. The molecule has 3 N–H and O–H groups in total. The first-order valence-corrected chi connectivity index (χ1v) is 11.4. The predicted molar refractivity (Wildman–Crippen MR) is 138 cm³/mol. The molecule has 1 aliphatic heterocycles. The van der Waals surface area contributed by atoms with Crippen LogP contribution in [0.15, 0.2) is 42.6 Å². The van der Waals surface area contributed by atoms with Crippen LogP contribution in [0.1, 0.15) is 24.9 Å². The van der Waals surface area contributed by atoms with E-state index < -0.39 is 24.1 Å². The minimum absolute atomic E-state index is 0. The van der Waals surface area contributed by atoms with Crippen LogP contribution >= 0.6 is 24.8 Å². The first-order chi connectivity index (χ1) is 17.1. The van der Waals surface area contributed by atoms with Crippen molar-refractivity contribution in [2.75, 3.05) is 19.7 Å². The zero-order valence-electron chi connectivity index (χ0n) is 20.1. The molecule has 206 valence electrons. The Balaban J connectivity index is 0.00000200. The zero-order chi connectivity index (χ0) is 25.6. The molecule has 14 heteroatoms. The minimum atomic E-state index is -4.51. The number of halogens is 6. The average molecular weight is 577 g/mol. The van der Waals surface area contributed by atoms with Crippen LogP contribution in [0.5, 0.6) is 5.75 Å². The topological polar surface area (TPSA) is 102 Å². The van der Waals surface area contributed by atoms with Crippen LogP contribution in [0.3, 0.4) is 0 Å². The van der Waals surface area contributed by atoms with Crippen molar-refractivity contribution in [2.24, 2.45) is 5.73 Å². The van der Waals surface area contributed by atoms with Crippen molar-refractivity contribution >= 4 is 41.4 Å². The van der Waals surface area contributed by atoms with Crippen molar-refractivity contribution in [2.45, 2.75) is 37.7 Å². The fourth-order valence-corrected chi connectivity index (χ4v) is 4.54. The Morgan fingerprint density at radius 3 is 2.58 bits per heavy atom. The number of ether oxygens (including phenoxy) is 1. The molecule has 5 rings (SSSR count). The zero-order valence-corrected chi connectivity index (χ0v) is 21.7. The molecule has 8 nitrogen and oxygen atoms in total. The largest absolute Gasteiger partial charge is 0.486 e. The molecular weight excluding hydrogens is 551 g/mol. The van der Waals surface area contributed by atoms with Crippen molar-refractivity contribution < 1.29 is 27.4 Å². The molecule has 1 saturated heterocycles. The van der Waals surface area contributed by atoms with Crippen molar-refractivity contribution in [3.8, 4) is 17.3 Å². The van der Waals surface area contributed by atoms with Gasteiger partial charge < -0.3 is 15.6 Å². The lowest BCUT2D eigenvalue weighted by molar-refractivity contribution is -0.183. The molecule has 4 aromatic rings. The van der Waals surface area contributed by atoms with Gasteiger partial charge in [-0.3, -0.25) is 9.30 Å². The van der Waals surface area contributed by atoms with E-state index in [-0.39, 0.29) is 67.7 Å². The van der Waals surface area contributed by atoms with E-state index in [1.807, 2.05) is 0 Å². The van der Waals surface area contributed by atoms with Gasteiger partial charge >= 0.3 is 6.18 Å². The fraction of sp³-hybridized carbons (Fsp3) is 0.375. The highest BCUT2D eigenvalue weighted by molar-refractivity contribution is 5.86. The molecule has 0 aliphatic carbocycles. The Labute approximate surface area is 227 Å².